The number of pyridine rings is 1. The molecule has 3 heterocycles. The van der Waals surface area contributed by atoms with Gasteiger partial charge in [-0.2, -0.15) is 4.37 Å². The number of aromatic nitrogens is 3. The first-order chi connectivity index (χ1) is 9.81. The Morgan fingerprint density at radius 3 is 2.70 bits per heavy atom. The normalized spacial score (nSPS) is 16.4. The second-order valence-corrected chi connectivity index (χ2v) is 5.92. The molecule has 1 fully saturated rings. The Morgan fingerprint density at radius 2 is 2.05 bits per heavy atom. The van der Waals surface area contributed by atoms with Gasteiger partial charge in [0.05, 0.1) is 0 Å². The SMILES string of the molecule is Cc1nsc(NCC2CCN(c3ccncc3)CC2)n1. The summed E-state index contributed by atoms with van der Waals surface area (Å²) in [5.74, 6) is 1.57. The maximum atomic E-state index is 4.34. The summed E-state index contributed by atoms with van der Waals surface area (Å²) in [5.41, 5.74) is 1.28. The topological polar surface area (TPSA) is 53.9 Å². The quantitative estimate of drug-likeness (QED) is 0.937. The van der Waals surface area contributed by atoms with Gasteiger partial charge >= 0.3 is 0 Å². The summed E-state index contributed by atoms with van der Waals surface area (Å²) in [6.07, 6.45) is 6.15. The van der Waals surface area contributed by atoms with Gasteiger partial charge in [-0.1, -0.05) is 0 Å². The number of piperidine rings is 1. The fourth-order valence-electron chi connectivity index (χ4n) is 2.55. The number of nitrogens with one attached hydrogen (secondary N) is 1. The summed E-state index contributed by atoms with van der Waals surface area (Å²) in [4.78, 5) is 10.8. The molecule has 1 aliphatic heterocycles. The molecular weight excluding hydrogens is 270 g/mol. The van der Waals surface area contributed by atoms with Gasteiger partial charge < -0.3 is 10.2 Å². The Hall–Kier alpha value is -1.69. The minimum Gasteiger partial charge on any atom is -0.371 e. The molecule has 1 aliphatic rings. The number of anilines is 2. The number of aryl methyl sites for hydroxylation is 1. The maximum absolute atomic E-state index is 4.34. The van der Waals surface area contributed by atoms with Gasteiger partial charge in [0.2, 0.25) is 5.13 Å². The van der Waals surface area contributed by atoms with Crippen molar-refractivity contribution in [3.63, 3.8) is 0 Å². The van der Waals surface area contributed by atoms with Crippen LogP contribution in [0.25, 0.3) is 0 Å². The fourth-order valence-corrected chi connectivity index (χ4v) is 3.13. The Bertz CT molecular complexity index is 534. The summed E-state index contributed by atoms with van der Waals surface area (Å²) >= 11 is 1.45. The molecule has 2 aromatic rings. The minimum absolute atomic E-state index is 0.720. The van der Waals surface area contributed by atoms with Crippen LogP contribution in [0.5, 0.6) is 0 Å². The molecule has 2 aromatic heterocycles. The second-order valence-electron chi connectivity index (χ2n) is 5.16. The van der Waals surface area contributed by atoms with Crippen LogP contribution < -0.4 is 10.2 Å². The van der Waals surface area contributed by atoms with E-state index < -0.39 is 0 Å². The average Bonchev–Trinajstić information content (AvgIpc) is 2.92. The smallest absolute Gasteiger partial charge is 0.202 e. The van der Waals surface area contributed by atoms with Crippen molar-refractivity contribution < 1.29 is 0 Å². The average molecular weight is 289 g/mol. The number of nitrogens with zero attached hydrogens (tertiary/aromatic N) is 4. The highest BCUT2D eigenvalue weighted by Crippen LogP contribution is 2.23. The van der Waals surface area contributed by atoms with E-state index in [0.717, 1.165) is 36.5 Å². The first kappa shape index (κ1) is 13.3. The molecule has 106 valence electrons. The van der Waals surface area contributed by atoms with E-state index in [9.17, 15) is 0 Å². The third kappa shape index (κ3) is 3.25. The zero-order valence-corrected chi connectivity index (χ0v) is 12.4. The van der Waals surface area contributed by atoms with Crippen molar-refractivity contribution in [2.75, 3.05) is 29.9 Å². The number of rotatable bonds is 4. The molecular formula is C14H19N5S. The predicted octanol–water partition coefficient (Wildman–Crippen LogP) is 2.57. The molecule has 0 aliphatic carbocycles. The van der Waals surface area contributed by atoms with E-state index in [1.807, 2.05) is 19.3 Å². The highest BCUT2D eigenvalue weighted by Gasteiger charge is 2.19. The molecule has 0 bridgehead atoms. The van der Waals surface area contributed by atoms with Gasteiger partial charge in [-0.15, -0.1) is 0 Å². The summed E-state index contributed by atoms with van der Waals surface area (Å²) in [5, 5.41) is 4.35. The van der Waals surface area contributed by atoms with E-state index in [1.54, 1.807) is 0 Å². The zero-order valence-electron chi connectivity index (χ0n) is 11.6. The van der Waals surface area contributed by atoms with Gasteiger partial charge in [0, 0.05) is 49.2 Å². The van der Waals surface area contributed by atoms with Crippen molar-refractivity contribution in [1.29, 1.82) is 0 Å². The van der Waals surface area contributed by atoms with Crippen LogP contribution in [-0.2, 0) is 0 Å². The fraction of sp³-hybridized carbons (Fsp3) is 0.500. The van der Waals surface area contributed by atoms with Crippen LogP contribution in [0.4, 0.5) is 10.8 Å². The van der Waals surface area contributed by atoms with Crippen molar-refractivity contribution in [3.8, 4) is 0 Å². The van der Waals surface area contributed by atoms with Crippen molar-refractivity contribution >= 4 is 22.4 Å². The van der Waals surface area contributed by atoms with Crippen molar-refractivity contribution in [3.05, 3.63) is 30.4 Å². The van der Waals surface area contributed by atoms with Gasteiger partial charge in [-0.05, 0) is 37.8 Å². The lowest BCUT2D eigenvalue weighted by atomic mass is 9.96. The first-order valence-electron chi connectivity index (χ1n) is 7.00. The van der Waals surface area contributed by atoms with Gasteiger partial charge in [0.1, 0.15) is 5.82 Å². The molecule has 0 spiro atoms. The predicted molar refractivity (Wildman–Crippen MR) is 82.3 cm³/mol. The first-order valence-corrected chi connectivity index (χ1v) is 7.78. The minimum atomic E-state index is 0.720. The van der Waals surface area contributed by atoms with E-state index in [4.69, 9.17) is 0 Å². The number of hydrogen-bond acceptors (Lipinski definition) is 6. The molecule has 1 saturated heterocycles. The molecule has 0 unspecified atom stereocenters. The molecule has 20 heavy (non-hydrogen) atoms. The van der Waals surface area contributed by atoms with Crippen molar-refractivity contribution in [2.45, 2.75) is 19.8 Å². The van der Waals surface area contributed by atoms with E-state index in [0.29, 0.717) is 0 Å². The van der Waals surface area contributed by atoms with Crippen LogP contribution >= 0.6 is 11.5 Å². The Labute approximate surface area is 123 Å². The standard InChI is InChI=1S/C14H19N5S/c1-11-17-14(20-18-11)16-10-12-4-8-19(9-5-12)13-2-6-15-7-3-13/h2-3,6-7,12H,4-5,8-10H2,1H3,(H,16,17,18). The van der Waals surface area contributed by atoms with Crippen LogP contribution in [0.15, 0.2) is 24.5 Å². The number of hydrogen-bond donors (Lipinski definition) is 1. The second kappa shape index (κ2) is 6.17. The molecule has 0 radical (unpaired) electrons. The van der Waals surface area contributed by atoms with Crippen LogP contribution in [0, 0.1) is 12.8 Å². The molecule has 5 nitrogen and oxygen atoms in total. The van der Waals surface area contributed by atoms with Gasteiger partial charge in [0.25, 0.3) is 0 Å². The summed E-state index contributed by atoms with van der Waals surface area (Å²) in [6, 6.07) is 4.17. The lowest BCUT2D eigenvalue weighted by Gasteiger charge is -2.33. The molecule has 6 heteroatoms. The van der Waals surface area contributed by atoms with Crippen molar-refractivity contribution in [2.24, 2.45) is 5.92 Å². The molecule has 0 atom stereocenters. The monoisotopic (exact) mass is 289 g/mol. The summed E-state index contributed by atoms with van der Waals surface area (Å²) in [7, 11) is 0. The van der Waals surface area contributed by atoms with E-state index >= 15 is 0 Å². The summed E-state index contributed by atoms with van der Waals surface area (Å²) < 4.78 is 4.19. The Kier molecular flexibility index (Phi) is 4.11. The zero-order chi connectivity index (χ0) is 13.8. The van der Waals surface area contributed by atoms with E-state index in [2.05, 4.69) is 36.7 Å². The van der Waals surface area contributed by atoms with Gasteiger partial charge in [-0.25, -0.2) is 4.98 Å². The van der Waals surface area contributed by atoms with E-state index in [1.165, 1.54) is 30.1 Å². The Morgan fingerprint density at radius 1 is 1.30 bits per heavy atom. The van der Waals surface area contributed by atoms with Crippen LogP contribution in [0.3, 0.4) is 0 Å². The highest BCUT2D eigenvalue weighted by atomic mass is 32.1. The van der Waals surface area contributed by atoms with Crippen molar-refractivity contribution in [1.82, 2.24) is 14.3 Å². The van der Waals surface area contributed by atoms with Crippen LogP contribution in [0.1, 0.15) is 18.7 Å². The third-order valence-corrected chi connectivity index (χ3v) is 4.48. The van der Waals surface area contributed by atoms with Crippen LogP contribution in [0.2, 0.25) is 0 Å². The maximum Gasteiger partial charge on any atom is 0.202 e. The lowest BCUT2D eigenvalue weighted by molar-refractivity contribution is 0.423. The third-order valence-electron chi connectivity index (χ3n) is 3.71. The molecule has 0 saturated carbocycles. The van der Waals surface area contributed by atoms with E-state index in [-0.39, 0.29) is 0 Å². The molecule has 0 aromatic carbocycles. The highest BCUT2D eigenvalue weighted by molar-refractivity contribution is 7.09. The molecule has 1 N–H and O–H groups in total. The largest absolute Gasteiger partial charge is 0.371 e. The summed E-state index contributed by atoms with van der Waals surface area (Å²) in [6.45, 7) is 5.16. The van der Waals surface area contributed by atoms with Crippen LogP contribution in [-0.4, -0.2) is 34.0 Å². The van der Waals surface area contributed by atoms with Gasteiger partial charge in [-0.3, -0.25) is 4.98 Å². The Balaban J connectivity index is 1.47. The van der Waals surface area contributed by atoms with Gasteiger partial charge in [0.15, 0.2) is 0 Å². The molecule has 3 rings (SSSR count). The lowest BCUT2D eigenvalue weighted by Crippen LogP contribution is -2.35. The molecule has 0 amide bonds.